The van der Waals surface area contributed by atoms with E-state index >= 15 is 0 Å². The Kier molecular flexibility index (Phi) is 8.64. The largest absolute Gasteiger partial charge is 0.416 e. The van der Waals surface area contributed by atoms with Crippen molar-refractivity contribution < 1.29 is 34.8 Å². The number of benzene rings is 4. The van der Waals surface area contributed by atoms with Crippen molar-refractivity contribution in [3.05, 3.63) is 114 Å². The molecule has 4 aromatic rings. The van der Waals surface area contributed by atoms with Gasteiger partial charge in [-0.05, 0) is 85.6 Å². The van der Waals surface area contributed by atoms with Crippen molar-refractivity contribution in [2.24, 2.45) is 0 Å². The summed E-state index contributed by atoms with van der Waals surface area (Å²) in [5, 5.41) is 2.57. The third-order valence-electron chi connectivity index (χ3n) is 6.35. The summed E-state index contributed by atoms with van der Waals surface area (Å²) in [6.07, 6.45) is -4.64. The fraction of sp³-hybridized carbons (Fsp3) is 0.138. The molecule has 13 heteroatoms. The van der Waals surface area contributed by atoms with Crippen LogP contribution in [-0.4, -0.2) is 29.3 Å². The molecule has 0 saturated carbocycles. The van der Waals surface area contributed by atoms with Gasteiger partial charge in [-0.15, -0.1) is 0 Å². The number of hydrogen-bond acceptors (Lipinski definition) is 5. The summed E-state index contributed by atoms with van der Waals surface area (Å²) in [4.78, 5) is 12.8. The minimum Gasteiger partial charge on any atom is -0.325 e. The summed E-state index contributed by atoms with van der Waals surface area (Å²) in [5.74, 6) is -0.687. The standard InChI is InChI=1S/C29H26F3N3O5S2/c1-20-8-6-13-27(21(20)2)35(42(39,40)26-11-4-3-5-12-26)19-28(36)33-23-14-16-25(17-15-23)41(37,38)34-24-10-7-9-22(18-24)29(30,31)32/h3-18,34H,19H2,1-2H3,(H,33,36). The number of nitrogens with zero attached hydrogens (tertiary/aromatic N) is 1. The Morgan fingerprint density at radius 3 is 2.05 bits per heavy atom. The first kappa shape index (κ1) is 30.6. The van der Waals surface area contributed by atoms with Crippen LogP contribution in [0.15, 0.2) is 107 Å². The normalized spacial score (nSPS) is 12.0. The number of rotatable bonds is 9. The van der Waals surface area contributed by atoms with Crippen molar-refractivity contribution in [3.8, 4) is 0 Å². The van der Waals surface area contributed by atoms with Crippen molar-refractivity contribution in [2.45, 2.75) is 29.8 Å². The van der Waals surface area contributed by atoms with Gasteiger partial charge in [-0.25, -0.2) is 16.8 Å². The smallest absolute Gasteiger partial charge is 0.325 e. The average Bonchev–Trinajstić information content (AvgIpc) is 2.93. The van der Waals surface area contributed by atoms with Crippen LogP contribution >= 0.6 is 0 Å². The van der Waals surface area contributed by atoms with Crippen molar-refractivity contribution in [2.75, 3.05) is 20.9 Å². The number of nitrogens with one attached hydrogen (secondary N) is 2. The van der Waals surface area contributed by atoms with Crippen LogP contribution < -0.4 is 14.3 Å². The summed E-state index contributed by atoms with van der Waals surface area (Å²) in [5.41, 5.74) is 0.731. The van der Waals surface area contributed by atoms with Gasteiger partial charge < -0.3 is 5.32 Å². The molecule has 0 aromatic heterocycles. The van der Waals surface area contributed by atoms with Gasteiger partial charge in [-0.3, -0.25) is 13.8 Å². The summed E-state index contributed by atoms with van der Waals surface area (Å²) < 4.78 is 94.7. The van der Waals surface area contributed by atoms with Crippen LogP contribution in [-0.2, 0) is 31.0 Å². The van der Waals surface area contributed by atoms with E-state index in [2.05, 4.69) is 10.0 Å². The molecule has 4 rings (SSSR count). The fourth-order valence-corrected chi connectivity index (χ4v) is 6.60. The van der Waals surface area contributed by atoms with Crippen LogP contribution in [0.1, 0.15) is 16.7 Å². The van der Waals surface area contributed by atoms with Crippen LogP contribution in [0.25, 0.3) is 0 Å². The van der Waals surface area contributed by atoms with Gasteiger partial charge in [0, 0.05) is 11.4 Å². The number of halogens is 3. The number of hydrogen-bond donors (Lipinski definition) is 2. The minimum absolute atomic E-state index is 0.00142. The quantitative estimate of drug-likeness (QED) is 0.241. The van der Waals surface area contributed by atoms with Gasteiger partial charge in [-0.2, -0.15) is 13.2 Å². The zero-order valence-electron chi connectivity index (χ0n) is 22.4. The molecule has 0 atom stereocenters. The topological polar surface area (TPSA) is 113 Å². The Balaban J connectivity index is 1.54. The van der Waals surface area contributed by atoms with Gasteiger partial charge in [0.1, 0.15) is 6.54 Å². The second kappa shape index (κ2) is 11.9. The molecule has 1 amide bonds. The van der Waals surface area contributed by atoms with Crippen molar-refractivity contribution in [3.63, 3.8) is 0 Å². The molecular weight excluding hydrogens is 591 g/mol. The summed E-state index contributed by atoms with van der Waals surface area (Å²) in [6.45, 7) is 3.01. The van der Waals surface area contributed by atoms with Gasteiger partial charge in [0.15, 0.2) is 0 Å². The van der Waals surface area contributed by atoms with Crippen LogP contribution in [0.2, 0.25) is 0 Å². The molecule has 2 N–H and O–H groups in total. The molecule has 220 valence electrons. The number of carbonyl (C=O) groups is 1. The molecule has 0 aliphatic heterocycles. The van der Waals surface area contributed by atoms with E-state index in [0.29, 0.717) is 17.3 Å². The van der Waals surface area contributed by atoms with Crippen molar-refractivity contribution in [1.29, 1.82) is 0 Å². The lowest BCUT2D eigenvalue weighted by Gasteiger charge is -2.26. The van der Waals surface area contributed by atoms with Crippen molar-refractivity contribution in [1.82, 2.24) is 0 Å². The Morgan fingerprint density at radius 2 is 1.40 bits per heavy atom. The lowest BCUT2D eigenvalue weighted by Crippen LogP contribution is -2.38. The molecule has 0 aliphatic carbocycles. The maximum atomic E-state index is 13.6. The molecule has 0 heterocycles. The molecule has 8 nitrogen and oxygen atoms in total. The van der Waals surface area contributed by atoms with Gasteiger partial charge in [0.25, 0.3) is 20.0 Å². The highest BCUT2D eigenvalue weighted by Gasteiger charge is 2.31. The maximum Gasteiger partial charge on any atom is 0.416 e. The molecule has 42 heavy (non-hydrogen) atoms. The van der Waals surface area contributed by atoms with Gasteiger partial charge in [0.2, 0.25) is 5.91 Å². The van der Waals surface area contributed by atoms with Crippen LogP contribution in [0.3, 0.4) is 0 Å². The summed E-state index contributed by atoms with van der Waals surface area (Å²) >= 11 is 0. The SMILES string of the molecule is Cc1cccc(N(CC(=O)Nc2ccc(S(=O)(=O)Nc3cccc(C(F)(F)F)c3)cc2)S(=O)(=O)c2ccccc2)c1C. The Hall–Kier alpha value is -4.36. The van der Waals surface area contributed by atoms with Crippen molar-refractivity contribution >= 4 is 43.0 Å². The zero-order valence-corrected chi connectivity index (χ0v) is 24.0. The first-order chi connectivity index (χ1) is 19.7. The van der Waals surface area contributed by atoms with E-state index in [9.17, 15) is 34.8 Å². The third-order valence-corrected chi connectivity index (χ3v) is 9.52. The van der Waals surface area contributed by atoms with E-state index in [1.54, 1.807) is 37.3 Å². The Labute approximate surface area is 241 Å². The van der Waals surface area contributed by atoms with E-state index in [4.69, 9.17) is 0 Å². The lowest BCUT2D eigenvalue weighted by molar-refractivity contribution is -0.137. The second-order valence-corrected chi connectivity index (χ2v) is 12.8. The number of aryl methyl sites for hydroxylation is 1. The molecule has 0 fully saturated rings. The Morgan fingerprint density at radius 1 is 0.762 bits per heavy atom. The Bertz CT molecular complexity index is 1810. The van der Waals surface area contributed by atoms with Gasteiger partial charge >= 0.3 is 6.18 Å². The van der Waals surface area contributed by atoms with E-state index in [-0.39, 0.29) is 21.2 Å². The molecule has 0 saturated heterocycles. The fourth-order valence-electron chi connectivity index (χ4n) is 4.05. The summed E-state index contributed by atoms with van der Waals surface area (Å²) in [7, 11) is -8.39. The predicted molar refractivity (Wildman–Crippen MR) is 154 cm³/mol. The highest BCUT2D eigenvalue weighted by Crippen LogP contribution is 2.32. The predicted octanol–water partition coefficient (Wildman–Crippen LogP) is 5.96. The van der Waals surface area contributed by atoms with E-state index in [1.165, 1.54) is 30.3 Å². The maximum absolute atomic E-state index is 13.6. The van der Waals surface area contributed by atoms with Crippen LogP contribution in [0, 0.1) is 13.8 Å². The second-order valence-electron chi connectivity index (χ2n) is 9.30. The lowest BCUT2D eigenvalue weighted by atomic mass is 10.1. The van der Waals surface area contributed by atoms with Crippen LogP contribution in [0.5, 0.6) is 0 Å². The first-order valence-electron chi connectivity index (χ1n) is 12.4. The third kappa shape index (κ3) is 6.92. The van der Waals surface area contributed by atoms with Gasteiger partial charge in [-0.1, -0.05) is 36.4 Å². The molecule has 0 bridgehead atoms. The molecule has 0 unspecified atom stereocenters. The van der Waals surface area contributed by atoms with E-state index in [1.807, 2.05) is 13.0 Å². The molecule has 0 aliphatic rings. The highest BCUT2D eigenvalue weighted by atomic mass is 32.2. The van der Waals surface area contributed by atoms with Crippen LogP contribution in [0.4, 0.5) is 30.2 Å². The first-order valence-corrected chi connectivity index (χ1v) is 15.3. The van der Waals surface area contributed by atoms with Gasteiger partial charge in [0.05, 0.1) is 21.0 Å². The average molecular weight is 618 g/mol. The zero-order chi connectivity index (χ0) is 30.7. The number of anilines is 3. The number of alkyl halides is 3. The number of sulfonamides is 2. The monoisotopic (exact) mass is 617 g/mol. The molecular formula is C29H26F3N3O5S2. The minimum atomic E-state index is -4.64. The summed E-state index contributed by atoms with van der Waals surface area (Å²) in [6, 6.07) is 21.5. The van der Waals surface area contributed by atoms with E-state index in [0.717, 1.165) is 34.1 Å². The van der Waals surface area contributed by atoms with E-state index < -0.39 is 44.2 Å². The molecule has 4 aromatic carbocycles. The number of amides is 1. The molecule has 0 spiro atoms. The molecule has 0 radical (unpaired) electrons. The number of carbonyl (C=O) groups excluding carboxylic acids is 1. The highest BCUT2D eigenvalue weighted by molar-refractivity contribution is 7.93.